The molecule has 0 aliphatic rings. The first-order chi connectivity index (χ1) is 12.1. The molecule has 2 aromatic rings. The van der Waals surface area contributed by atoms with Crippen LogP contribution in [0.15, 0.2) is 42.5 Å². The second-order valence-electron chi connectivity index (χ2n) is 6.25. The van der Waals surface area contributed by atoms with E-state index in [9.17, 15) is 4.79 Å². The molecule has 0 aliphatic carbocycles. The maximum atomic E-state index is 10.9. The SMILES string of the molecule is CCCCCCCCOc1ccc(-c2ccc(C(=O)O)cc2)cc1N. The summed E-state index contributed by atoms with van der Waals surface area (Å²) >= 11 is 0. The van der Waals surface area contributed by atoms with Crippen molar-refractivity contribution in [3.63, 3.8) is 0 Å². The lowest BCUT2D eigenvalue weighted by Crippen LogP contribution is -2.00. The molecule has 0 spiro atoms. The number of unbranched alkanes of at least 4 members (excludes halogenated alkanes) is 5. The average Bonchev–Trinajstić information content (AvgIpc) is 2.62. The van der Waals surface area contributed by atoms with E-state index in [0.717, 1.165) is 17.5 Å². The molecule has 0 radical (unpaired) electrons. The molecule has 0 saturated carbocycles. The Hall–Kier alpha value is -2.49. The number of nitrogen functional groups attached to an aromatic ring is 1. The van der Waals surface area contributed by atoms with Gasteiger partial charge in [-0.05, 0) is 41.8 Å². The summed E-state index contributed by atoms with van der Waals surface area (Å²) in [6.07, 6.45) is 7.36. The Morgan fingerprint density at radius 3 is 2.24 bits per heavy atom. The summed E-state index contributed by atoms with van der Waals surface area (Å²) in [4.78, 5) is 10.9. The van der Waals surface area contributed by atoms with Gasteiger partial charge in [-0.3, -0.25) is 0 Å². The first-order valence-electron chi connectivity index (χ1n) is 8.98. The van der Waals surface area contributed by atoms with E-state index in [2.05, 4.69) is 6.92 Å². The van der Waals surface area contributed by atoms with Crippen LogP contribution in [0.2, 0.25) is 0 Å². The van der Waals surface area contributed by atoms with Crippen molar-refractivity contribution >= 4 is 11.7 Å². The van der Waals surface area contributed by atoms with Crippen LogP contribution in [0.1, 0.15) is 55.8 Å². The molecule has 25 heavy (non-hydrogen) atoms. The quantitative estimate of drug-likeness (QED) is 0.450. The molecular formula is C21H27NO3. The summed E-state index contributed by atoms with van der Waals surface area (Å²) in [7, 11) is 0. The van der Waals surface area contributed by atoms with Crippen LogP contribution in [0.25, 0.3) is 11.1 Å². The lowest BCUT2D eigenvalue weighted by atomic mass is 10.0. The lowest BCUT2D eigenvalue weighted by molar-refractivity contribution is 0.0697. The molecule has 3 N–H and O–H groups in total. The number of rotatable bonds is 10. The van der Waals surface area contributed by atoms with Gasteiger partial charge in [-0.1, -0.05) is 57.2 Å². The molecule has 134 valence electrons. The maximum Gasteiger partial charge on any atom is 0.335 e. The summed E-state index contributed by atoms with van der Waals surface area (Å²) in [6, 6.07) is 12.5. The van der Waals surface area contributed by atoms with Crippen LogP contribution < -0.4 is 10.5 Å². The number of carboxylic acid groups (broad SMARTS) is 1. The molecule has 2 rings (SSSR count). The zero-order valence-corrected chi connectivity index (χ0v) is 14.8. The minimum atomic E-state index is -0.926. The Kier molecular flexibility index (Phi) is 7.33. The molecule has 0 amide bonds. The van der Waals surface area contributed by atoms with Crippen molar-refractivity contribution < 1.29 is 14.6 Å². The van der Waals surface area contributed by atoms with Gasteiger partial charge in [-0.25, -0.2) is 4.79 Å². The van der Waals surface area contributed by atoms with Crippen molar-refractivity contribution in [3.8, 4) is 16.9 Å². The molecule has 0 heterocycles. The standard InChI is InChI=1S/C21H27NO3/c1-2-3-4-5-6-7-14-25-20-13-12-18(15-19(20)22)16-8-10-17(11-9-16)21(23)24/h8-13,15H,2-7,14,22H2,1H3,(H,23,24). The van der Waals surface area contributed by atoms with Gasteiger partial charge in [0.15, 0.2) is 0 Å². The van der Waals surface area contributed by atoms with E-state index >= 15 is 0 Å². The lowest BCUT2D eigenvalue weighted by Gasteiger charge is -2.11. The Balaban J connectivity index is 1.88. The van der Waals surface area contributed by atoms with Crippen LogP contribution >= 0.6 is 0 Å². The molecule has 4 heteroatoms. The topological polar surface area (TPSA) is 72.5 Å². The predicted octanol–water partition coefficient (Wildman–Crippen LogP) is 5.37. The summed E-state index contributed by atoms with van der Waals surface area (Å²) in [5, 5.41) is 8.95. The van der Waals surface area contributed by atoms with Gasteiger partial charge in [0.2, 0.25) is 0 Å². The molecule has 0 saturated heterocycles. The first-order valence-corrected chi connectivity index (χ1v) is 8.98. The summed E-state index contributed by atoms with van der Waals surface area (Å²) < 4.78 is 5.78. The summed E-state index contributed by atoms with van der Waals surface area (Å²) in [5.41, 5.74) is 8.85. The Morgan fingerprint density at radius 1 is 0.960 bits per heavy atom. The molecule has 0 unspecified atom stereocenters. The van der Waals surface area contributed by atoms with Gasteiger partial charge < -0.3 is 15.6 Å². The molecule has 0 atom stereocenters. The smallest absolute Gasteiger partial charge is 0.335 e. The van der Waals surface area contributed by atoms with Gasteiger partial charge in [0, 0.05) is 0 Å². The van der Waals surface area contributed by atoms with Crippen LogP contribution in [-0.2, 0) is 0 Å². The highest BCUT2D eigenvalue weighted by atomic mass is 16.5. The monoisotopic (exact) mass is 341 g/mol. The third-order valence-corrected chi connectivity index (χ3v) is 4.23. The Labute approximate surface area is 149 Å². The van der Waals surface area contributed by atoms with E-state index in [0.29, 0.717) is 18.0 Å². The van der Waals surface area contributed by atoms with Crippen LogP contribution in [0, 0.1) is 0 Å². The van der Waals surface area contributed by atoms with Gasteiger partial charge >= 0.3 is 5.97 Å². The van der Waals surface area contributed by atoms with Crippen molar-refractivity contribution in [1.82, 2.24) is 0 Å². The normalized spacial score (nSPS) is 10.6. The van der Waals surface area contributed by atoms with Crippen LogP contribution in [0.4, 0.5) is 5.69 Å². The van der Waals surface area contributed by atoms with Crippen LogP contribution in [0.3, 0.4) is 0 Å². The van der Waals surface area contributed by atoms with Gasteiger partial charge in [0.1, 0.15) is 5.75 Å². The maximum absolute atomic E-state index is 10.9. The second kappa shape index (κ2) is 9.72. The van der Waals surface area contributed by atoms with E-state index in [4.69, 9.17) is 15.6 Å². The van der Waals surface area contributed by atoms with Crippen LogP contribution in [-0.4, -0.2) is 17.7 Å². The van der Waals surface area contributed by atoms with E-state index in [-0.39, 0.29) is 5.56 Å². The Morgan fingerprint density at radius 2 is 1.60 bits per heavy atom. The minimum absolute atomic E-state index is 0.274. The summed E-state index contributed by atoms with van der Waals surface area (Å²) in [5.74, 6) is -0.219. The number of carboxylic acids is 1. The van der Waals surface area contributed by atoms with Gasteiger partial charge in [0.25, 0.3) is 0 Å². The van der Waals surface area contributed by atoms with Crippen LogP contribution in [0.5, 0.6) is 5.75 Å². The number of aromatic carboxylic acids is 1. The van der Waals surface area contributed by atoms with Crippen molar-refractivity contribution in [2.75, 3.05) is 12.3 Å². The molecule has 0 aliphatic heterocycles. The zero-order chi connectivity index (χ0) is 18.1. The molecule has 0 fully saturated rings. The molecular weight excluding hydrogens is 314 g/mol. The fourth-order valence-corrected chi connectivity index (χ4v) is 2.73. The van der Waals surface area contributed by atoms with E-state index in [1.54, 1.807) is 24.3 Å². The van der Waals surface area contributed by atoms with E-state index in [1.807, 2.05) is 18.2 Å². The van der Waals surface area contributed by atoms with Gasteiger partial charge in [0.05, 0.1) is 17.9 Å². The molecule has 0 bridgehead atoms. The fourth-order valence-electron chi connectivity index (χ4n) is 2.73. The number of hydrogen-bond donors (Lipinski definition) is 2. The highest BCUT2D eigenvalue weighted by Gasteiger charge is 2.06. The average molecular weight is 341 g/mol. The number of anilines is 1. The number of benzene rings is 2. The van der Waals surface area contributed by atoms with Crippen molar-refractivity contribution in [1.29, 1.82) is 0 Å². The molecule has 2 aromatic carbocycles. The first kappa shape index (κ1) is 18.8. The predicted molar refractivity (Wildman–Crippen MR) is 102 cm³/mol. The highest BCUT2D eigenvalue weighted by Crippen LogP contribution is 2.29. The zero-order valence-electron chi connectivity index (χ0n) is 14.8. The molecule has 4 nitrogen and oxygen atoms in total. The third-order valence-electron chi connectivity index (χ3n) is 4.23. The van der Waals surface area contributed by atoms with E-state index < -0.39 is 5.97 Å². The van der Waals surface area contributed by atoms with E-state index in [1.165, 1.54) is 32.1 Å². The highest BCUT2D eigenvalue weighted by molar-refractivity contribution is 5.88. The number of carbonyl (C=O) groups is 1. The second-order valence-corrected chi connectivity index (χ2v) is 6.25. The number of ether oxygens (including phenoxy) is 1. The Bertz CT molecular complexity index is 680. The van der Waals surface area contributed by atoms with Gasteiger partial charge in [-0.2, -0.15) is 0 Å². The van der Waals surface area contributed by atoms with Crippen molar-refractivity contribution in [2.24, 2.45) is 0 Å². The number of nitrogens with two attached hydrogens (primary N) is 1. The van der Waals surface area contributed by atoms with Crippen molar-refractivity contribution in [2.45, 2.75) is 45.4 Å². The fraction of sp³-hybridized carbons (Fsp3) is 0.381. The van der Waals surface area contributed by atoms with Crippen molar-refractivity contribution in [3.05, 3.63) is 48.0 Å². The largest absolute Gasteiger partial charge is 0.491 e. The molecule has 0 aromatic heterocycles. The third kappa shape index (κ3) is 5.82. The minimum Gasteiger partial charge on any atom is -0.491 e. The number of hydrogen-bond acceptors (Lipinski definition) is 3. The summed E-state index contributed by atoms with van der Waals surface area (Å²) in [6.45, 7) is 2.90. The van der Waals surface area contributed by atoms with Gasteiger partial charge in [-0.15, -0.1) is 0 Å².